The Hall–Kier alpha value is -1.00. The number of benzene rings is 1. The number of rotatable bonds is 2. The molecule has 2 rings (SSSR count). The number of hydrogen-bond donors (Lipinski definition) is 1. The van der Waals surface area contributed by atoms with Gasteiger partial charge in [-0.05, 0) is 5.56 Å². The van der Waals surface area contributed by atoms with Gasteiger partial charge in [0.05, 0.1) is 12.6 Å². The van der Waals surface area contributed by atoms with E-state index >= 15 is 0 Å². The number of amides is 1. The first-order valence-electron chi connectivity index (χ1n) is 5.30. The molecule has 0 radical (unpaired) electrons. The fourth-order valence-electron chi connectivity index (χ4n) is 1.99. The van der Waals surface area contributed by atoms with Gasteiger partial charge in [-0.3, -0.25) is 4.79 Å². The summed E-state index contributed by atoms with van der Waals surface area (Å²) < 4.78 is 0. The minimum atomic E-state index is -0.0484. The van der Waals surface area contributed by atoms with E-state index < -0.39 is 0 Å². The highest BCUT2D eigenvalue weighted by Gasteiger charge is 2.36. The van der Waals surface area contributed by atoms with Crippen molar-refractivity contribution in [2.24, 2.45) is 0 Å². The third-order valence-electron chi connectivity index (χ3n) is 2.75. The lowest BCUT2D eigenvalue weighted by molar-refractivity contribution is -0.131. The molecule has 0 spiro atoms. The molecule has 0 aliphatic carbocycles. The largest absolute Gasteiger partial charge is 0.394 e. The smallest absolute Gasteiger partial charge is 0.220 e. The van der Waals surface area contributed by atoms with E-state index in [4.69, 9.17) is 0 Å². The van der Waals surface area contributed by atoms with Gasteiger partial charge in [-0.1, -0.05) is 30.3 Å². The molecular weight excluding hydrogens is 222 g/mol. The summed E-state index contributed by atoms with van der Waals surface area (Å²) in [5.41, 5.74) is 1.12. The number of carbonyl (C=O) groups is 1. The molecule has 1 amide bonds. The average molecular weight is 237 g/mol. The second-order valence-electron chi connectivity index (χ2n) is 3.86. The molecule has 4 heteroatoms. The lowest BCUT2D eigenvalue weighted by Crippen LogP contribution is -2.38. The van der Waals surface area contributed by atoms with E-state index in [2.05, 4.69) is 0 Å². The fourth-order valence-corrected chi connectivity index (χ4v) is 3.49. The van der Waals surface area contributed by atoms with Crippen LogP contribution in [0.15, 0.2) is 30.3 Å². The second kappa shape index (κ2) is 4.89. The zero-order chi connectivity index (χ0) is 11.5. The molecule has 1 aliphatic rings. The van der Waals surface area contributed by atoms with Crippen molar-refractivity contribution < 1.29 is 9.90 Å². The Labute approximate surface area is 99.5 Å². The van der Waals surface area contributed by atoms with Crippen molar-refractivity contribution in [3.05, 3.63) is 35.9 Å². The van der Waals surface area contributed by atoms with Gasteiger partial charge < -0.3 is 10.0 Å². The molecule has 0 bridgehead atoms. The lowest BCUT2D eigenvalue weighted by Gasteiger charge is -2.27. The Bertz CT molecular complexity index is 369. The fraction of sp³-hybridized carbons (Fsp3) is 0.417. The van der Waals surface area contributed by atoms with Crippen molar-refractivity contribution in [2.45, 2.75) is 18.3 Å². The van der Waals surface area contributed by atoms with Gasteiger partial charge in [0.2, 0.25) is 5.91 Å². The van der Waals surface area contributed by atoms with Crippen LogP contribution in [0.25, 0.3) is 0 Å². The van der Waals surface area contributed by atoms with Crippen LogP contribution in [0.4, 0.5) is 0 Å². The van der Waals surface area contributed by atoms with Crippen molar-refractivity contribution in [3.63, 3.8) is 0 Å². The summed E-state index contributed by atoms with van der Waals surface area (Å²) in [5, 5.41) is 9.29. The van der Waals surface area contributed by atoms with Gasteiger partial charge in [0.1, 0.15) is 5.37 Å². The van der Waals surface area contributed by atoms with E-state index in [1.54, 1.807) is 23.6 Å². The van der Waals surface area contributed by atoms with E-state index in [1.807, 2.05) is 30.3 Å². The molecule has 86 valence electrons. The average Bonchev–Trinajstić information content (AvgIpc) is 2.73. The summed E-state index contributed by atoms with van der Waals surface area (Å²) in [6.45, 7) is 1.60. The van der Waals surface area contributed by atoms with Crippen LogP contribution in [-0.4, -0.2) is 34.3 Å². The Kier molecular flexibility index (Phi) is 3.51. The van der Waals surface area contributed by atoms with E-state index in [-0.39, 0.29) is 23.9 Å². The topological polar surface area (TPSA) is 40.5 Å². The van der Waals surface area contributed by atoms with Crippen molar-refractivity contribution in [2.75, 3.05) is 12.4 Å². The van der Waals surface area contributed by atoms with Crippen molar-refractivity contribution in [1.29, 1.82) is 0 Å². The zero-order valence-corrected chi connectivity index (χ0v) is 9.98. The minimum Gasteiger partial charge on any atom is -0.394 e. The molecule has 1 fully saturated rings. The highest BCUT2D eigenvalue weighted by molar-refractivity contribution is 7.99. The van der Waals surface area contributed by atoms with Crippen LogP contribution in [0.5, 0.6) is 0 Å². The van der Waals surface area contributed by atoms with Crippen LogP contribution >= 0.6 is 11.8 Å². The Morgan fingerprint density at radius 2 is 2.19 bits per heavy atom. The van der Waals surface area contributed by atoms with E-state index in [0.717, 1.165) is 11.3 Å². The summed E-state index contributed by atoms with van der Waals surface area (Å²) in [6, 6.07) is 9.90. The first-order chi connectivity index (χ1) is 7.74. The van der Waals surface area contributed by atoms with Gasteiger partial charge >= 0.3 is 0 Å². The first kappa shape index (κ1) is 11.5. The van der Waals surface area contributed by atoms with Crippen molar-refractivity contribution >= 4 is 17.7 Å². The molecule has 1 aromatic rings. The number of hydrogen-bond acceptors (Lipinski definition) is 3. The van der Waals surface area contributed by atoms with Gasteiger partial charge in [-0.25, -0.2) is 0 Å². The Morgan fingerprint density at radius 3 is 2.75 bits per heavy atom. The van der Waals surface area contributed by atoms with Gasteiger partial charge in [0.15, 0.2) is 0 Å². The maximum atomic E-state index is 11.6. The van der Waals surface area contributed by atoms with Gasteiger partial charge in [0, 0.05) is 12.7 Å². The van der Waals surface area contributed by atoms with Crippen LogP contribution in [0.3, 0.4) is 0 Å². The molecular formula is C12H15NO2S. The Balaban J connectivity index is 2.25. The standard InChI is InChI=1S/C12H15NO2S/c1-9(15)13-11(7-14)8-16-12(13)10-5-3-2-4-6-10/h2-6,11-12,14H,7-8H2,1H3/t11-,12-/m1/s1. The molecule has 1 N–H and O–H groups in total. The van der Waals surface area contributed by atoms with Gasteiger partial charge in [-0.2, -0.15) is 0 Å². The highest BCUT2D eigenvalue weighted by atomic mass is 32.2. The summed E-state index contributed by atoms with van der Waals surface area (Å²) in [4.78, 5) is 13.4. The van der Waals surface area contributed by atoms with Crippen LogP contribution in [-0.2, 0) is 4.79 Å². The van der Waals surface area contributed by atoms with Gasteiger partial charge in [0.25, 0.3) is 0 Å². The number of carbonyl (C=O) groups excluding carboxylic acids is 1. The predicted molar refractivity (Wildman–Crippen MR) is 65.0 cm³/mol. The monoisotopic (exact) mass is 237 g/mol. The second-order valence-corrected chi connectivity index (χ2v) is 4.97. The summed E-state index contributed by atoms with van der Waals surface area (Å²) in [5.74, 6) is 0.827. The van der Waals surface area contributed by atoms with E-state index in [9.17, 15) is 9.90 Å². The molecule has 1 aromatic carbocycles. The van der Waals surface area contributed by atoms with Crippen LogP contribution in [0.2, 0.25) is 0 Å². The van der Waals surface area contributed by atoms with Crippen molar-refractivity contribution in [1.82, 2.24) is 4.90 Å². The first-order valence-corrected chi connectivity index (χ1v) is 6.35. The lowest BCUT2D eigenvalue weighted by atomic mass is 10.2. The molecule has 2 atom stereocenters. The molecule has 1 heterocycles. The van der Waals surface area contributed by atoms with Crippen molar-refractivity contribution in [3.8, 4) is 0 Å². The molecule has 16 heavy (non-hydrogen) atoms. The normalized spacial score (nSPS) is 24.8. The number of aliphatic hydroxyl groups excluding tert-OH is 1. The van der Waals surface area contributed by atoms with Gasteiger partial charge in [-0.15, -0.1) is 11.8 Å². The molecule has 0 saturated carbocycles. The van der Waals surface area contributed by atoms with Crippen LogP contribution in [0, 0.1) is 0 Å². The maximum Gasteiger partial charge on any atom is 0.220 e. The summed E-state index contributed by atoms with van der Waals surface area (Å²) in [7, 11) is 0. The molecule has 3 nitrogen and oxygen atoms in total. The molecule has 1 saturated heterocycles. The number of thioether (sulfide) groups is 1. The van der Waals surface area contributed by atoms with E-state index in [1.165, 1.54) is 0 Å². The highest BCUT2D eigenvalue weighted by Crippen LogP contribution is 2.40. The summed E-state index contributed by atoms with van der Waals surface area (Å²) >= 11 is 1.71. The quantitative estimate of drug-likeness (QED) is 0.850. The molecule has 0 aromatic heterocycles. The zero-order valence-electron chi connectivity index (χ0n) is 9.17. The SMILES string of the molecule is CC(=O)N1[C@H](CO)CS[C@@H]1c1ccccc1. The number of aliphatic hydroxyl groups is 1. The Morgan fingerprint density at radius 1 is 1.50 bits per heavy atom. The number of nitrogens with zero attached hydrogens (tertiary/aromatic N) is 1. The third-order valence-corrected chi connectivity index (χ3v) is 4.14. The predicted octanol–water partition coefficient (Wildman–Crippen LogP) is 1.64. The maximum absolute atomic E-state index is 11.6. The van der Waals surface area contributed by atoms with E-state index in [0.29, 0.717) is 0 Å². The van der Waals surface area contributed by atoms with Crippen LogP contribution in [0.1, 0.15) is 17.9 Å². The third kappa shape index (κ3) is 2.08. The molecule has 0 unspecified atom stereocenters. The summed E-state index contributed by atoms with van der Waals surface area (Å²) in [6.07, 6.45) is 0. The molecule has 1 aliphatic heterocycles. The minimum absolute atomic E-state index is 0.0258. The van der Waals surface area contributed by atoms with Crippen LogP contribution < -0.4 is 0 Å².